The Morgan fingerprint density at radius 1 is 0.964 bits per heavy atom. The predicted octanol–water partition coefficient (Wildman–Crippen LogP) is 5.01. The number of hydrogen-bond acceptors (Lipinski definition) is 3. The Balaban J connectivity index is 1.95. The lowest BCUT2D eigenvalue weighted by atomic mass is 9.85. The molecule has 0 aliphatic rings. The first-order valence-electron chi connectivity index (χ1n) is 9.18. The van der Waals surface area contributed by atoms with E-state index in [1.807, 2.05) is 12.1 Å². The second-order valence-electron chi connectivity index (χ2n) is 8.13. The summed E-state index contributed by atoms with van der Waals surface area (Å²) in [5.74, 6) is 0. The zero-order valence-corrected chi connectivity index (χ0v) is 17.2. The highest BCUT2D eigenvalue weighted by Gasteiger charge is 2.17. The van der Waals surface area contributed by atoms with Gasteiger partial charge in [0.15, 0.2) is 0 Å². The molecule has 0 atom stereocenters. The molecule has 0 saturated carbocycles. The van der Waals surface area contributed by atoms with Gasteiger partial charge in [0, 0.05) is 17.0 Å². The minimum Gasteiger partial charge on any atom is -0.274 e. The van der Waals surface area contributed by atoms with E-state index >= 15 is 0 Å². The van der Waals surface area contributed by atoms with E-state index in [-0.39, 0.29) is 5.41 Å². The van der Waals surface area contributed by atoms with E-state index in [2.05, 4.69) is 62.3 Å². The molecule has 0 aliphatic carbocycles. The molecule has 4 aromatic rings. The van der Waals surface area contributed by atoms with Gasteiger partial charge >= 0.3 is 5.69 Å². The summed E-state index contributed by atoms with van der Waals surface area (Å²) in [6, 6.07) is 14.0. The van der Waals surface area contributed by atoms with E-state index in [1.54, 1.807) is 11.3 Å². The molecule has 2 aromatic carbocycles. The average Bonchev–Trinajstić information content (AvgIpc) is 3.01. The lowest BCUT2D eigenvalue weighted by Gasteiger charge is -2.22. The summed E-state index contributed by atoms with van der Waals surface area (Å²) >= 11 is 1.74. The van der Waals surface area contributed by atoms with Crippen molar-refractivity contribution in [2.24, 2.45) is 0 Å². The summed E-state index contributed by atoms with van der Waals surface area (Å²) in [5.41, 5.74) is 4.40. The number of thiophene rings is 1. The number of nitrogens with zero attached hydrogens (tertiary/aromatic N) is 1. The monoisotopic (exact) mass is 390 g/mol. The molecule has 0 aliphatic heterocycles. The SMILES string of the molecule is Cc1csc2cc(-c3cc(-n4ccc(=O)[nH]c4=O)cc(C(C)(C)C)c3)ccc12. The molecule has 0 bridgehead atoms. The maximum atomic E-state index is 12.3. The number of hydrogen-bond donors (Lipinski definition) is 1. The molecule has 0 radical (unpaired) electrons. The highest BCUT2D eigenvalue weighted by atomic mass is 32.1. The van der Waals surface area contributed by atoms with Crippen molar-refractivity contribution in [1.29, 1.82) is 0 Å². The summed E-state index contributed by atoms with van der Waals surface area (Å²) in [7, 11) is 0. The first kappa shape index (κ1) is 18.4. The van der Waals surface area contributed by atoms with Gasteiger partial charge in [0.25, 0.3) is 5.56 Å². The number of benzene rings is 2. The smallest absolute Gasteiger partial charge is 0.274 e. The highest BCUT2D eigenvalue weighted by Crippen LogP contribution is 2.34. The van der Waals surface area contributed by atoms with Crippen LogP contribution < -0.4 is 11.2 Å². The van der Waals surface area contributed by atoms with Gasteiger partial charge in [0.2, 0.25) is 0 Å². The summed E-state index contributed by atoms with van der Waals surface area (Å²) in [4.78, 5) is 26.1. The van der Waals surface area contributed by atoms with Crippen LogP contribution in [0.15, 0.2) is 63.6 Å². The maximum Gasteiger partial charge on any atom is 0.332 e. The van der Waals surface area contributed by atoms with Crippen molar-refractivity contribution in [3.63, 3.8) is 0 Å². The van der Waals surface area contributed by atoms with Crippen molar-refractivity contribution in [3.8, 4) is 16.8 Å². The number of rotatable bonds is 2. The third-order valence-electron chi connectivity index (χ3n) is 4.99. The van der Waals surface area contributed by atoms with Crippen LogP contribution in [0.3, 0.4) is 0 Å². The third-order valence-corrected chi connectivity index (χ3v) is 6.05. The average molecular weight is 391 g/mol. The van der Waals surface area contributed by atoms with Crippen LogP contribution >= 0.6 is 11.3 Å². The fourth-order valence-corrected chi connectivity index (χ4v) is 4.29. The second-order valence-corrected chi connectivity index (χ2v) is 9.04. The van der Waals surface area contributed by atoms with Gasteiger partial charge in [-0.2, -0.15) is 0 Å². The van der Waals surface area contributed by atoms with Crippen LogP contribution in [0.1, 0.15) is 31.9 Å². The van der Waals surface area contributed by atoms with Crippen LogP contribution in [-0.2, 0) is 5.41 Å². The van der Waals surface area contributed by atoms with Crippen LogP contribution in [0.4, 0.5) is 0 Å². The van der Waals surface area contributed by atoms with Crippen molar-refractivity contribution in [1.82, 2.24) is 9.55 Å². The van der Waals surface area contributed by atoms with E-state index in [0.29, 0.717) is 0 Å². The fraction of sp³-hybridized carbons (Fsp3) is 0.217. The van der Waals surface area contributed by atoms with Crippen LogP contribution in [0.5, 0.6) is 0 Å². The van der Waals surface area contributed by atoms with Gasteiger partial charge in [-0.05, 0) is 63.6 Å². The Morgan fingerprint density at radius 2 is 1.75 bits per heavy atom. The quantitative estimate of drug-likeness (QED) is 0.523. The van der Waals surface area contributed by atoms with Gasteiger partial charge in [0.1, 0.15) is 0 Å². The molecule has 0 fully saturated rings. The predicted molar refractivity (Wildman–Crippen MR) is 117 cm³/mol. The van der Waals surface area contributed by atoms with Gasteiger partial charge in [-0.3, -0.25) is 14.3 Å². The van der Waals surface area contributed by atoms with Crippen molar-refractivity contribution >= 4 is 21.4 Å². The molecule has 4 nitrogen and oxygen atoms in total. The molecular formula is C23H22N2O2S. The van der Waals surface area contributed by atoms with Crippen LogP contribution in [0, 0.1) is 6.92 Å². The first-order valence-corrected chi connectivity index (χ1v) is 10.1. The minimum atomic E-state index is -0.436. The van der Waals surface area contributed by atoms with Crippen LogP contribution in [0.2, 0.25) is 0 Å². The highest BCUT2D eigenvalue weighted by molar-refractivity contribution is 7.17. The molecular weight excluding hydrogens is 368 g/mol. The minimum absolute atomic E-state index is 0.0832. The maximum absolute atomic E-state index is 12.3. The molecule has 2 aromatic heterocycles. The lowest BCUT2D eigenvalue weighted by Crippen LogP contribution is -2.27. The van der Waals surface area contributed by atoms with E-state index in [1.165, 1.54) is 32.5 Å². The summed E-state index contributed by atoms with van der Waals surface area (Å²) in [5, 5.41) is 3.45. The lowest BCUT2D eigenvalue weighted by molar-refractivity contribution is 0.590. The molecule has 5 heteroatoms. The summed E-state index contributed by atoms with van der Waals surface area (Å²) in [6.45, 7) is 8.57. The van der Waals surface area contributed by atoms with E-state index in [0.717, 1.165) is 22.4 Å². The molecule has 142 valence electrons. The molecule has 0 amide bonds. The topological polar surface area (TPSA) is 54.9 Å². The third kappa shape index (κ3) is 3.34. The van der Waals surface area contributed by atoms with Gasteiger partial charge in [0.05, 0.1) is 5.69 Å². The van der Waals surface area contributed by atoms with Crippen molar-refractivity contribution in [2.75, 3.05) is 0 Å². The largest absolute Gasteiger partial charge is 0.332 e. The Bertz CT molecular complexity index is 1300. The molecule has 0 spiro atoms. The number of nitrogens with one attached hydrogen (secondary N) is 1. The zero-order chi connectivity index (χ0) is 20.1. The van der Waals surface area contributed by atoms with Gasteiger partial charge < -0.3 is 0 Å². The first-order chi connectivity index (χ1) is 13.2. The van der Waals surface area contributed by atoms with Crippen molar-refractivity contribution in [3.05, 3.63) is 86.0 Å². The van der Waals surface area contributed by atoms with E-state index < -0.39 is 11.2 Å². The zero-order valence-electron chi connectivity index (χ0n) is 16.4. The Kier molecular flexibility index (Phi) is 4.35. The number of fused-ring (bicyclic) bond motifs is 1. The van der Waals surface area contributed by atoms with Crippen LogP contribution in [0.25, 0.3) is 26.9 Å². The summed E-state index contributed by atoms with van der Waals surface area (Å²) in [6.07, 6.45) is 1.53. The summed E-state index contributed by atoms with van der Waals surface area (Å²) < 4.78 is 2.73. The van der Waals surface area contributed by atoms with E-state index in [9.17, 15) is 9.59 Å². The number of aryl methyl sites for hydroxylation is 1. The molecule has 0 unspecified atom stereocenters. The number of H-pyrrole nitrogens is 1. The molecule has 4 rings (SSSR count). The van der Waals surface area contributed by atoms with Crippen LogP contribution in [-0.4, -0.2) is 9.55 Å². The fourth-order valence-electron chi connectivity index (χ4n) is 3.31. The Hall–Kier alpha value is -2.92. The molecule has 2 heterocycles. The molecule has 1 N–H and O–H groups in total. The standard InChI is InChI=1S/C23H22N2O2S/c1-14-13-28-20-11-15(5-6-19(14)20)16-9-17(23(2,3)4)12-18(10-16)25-8-7-21(26)24-22(25)27/h5-13H,1-4H3,(H,24,26,27). The van der Waals surface area contributed by atoms with Gasteiger partial charge in [-0.1, -0.05) is 39.0 Å². The number of aromatic amines is 1. The Labute approximate surface area is 167 Å². The van der Waals surface area contributed by atoms with Crippen molar-refractivity contribution < 1.29 is 0 Å². The van der Waals surface area contributed by atoms with Gasteiger partial charge in [-0.25, -0.2) is 4.79 Å². The Morgan fingerprint density at radius 3 is 2.46 bits per heavy atom. The normalized spacial score (nSPS) is 11.9. The van der Waals surface area contributed by atoms with E-state index in [4.69, 9.17) is 0 Å². The molecule has 28 heavy (non-hydrogen) atoms. The second kappa shape index (κ2) is 6.60. The van der Waals surface area contributed by atoms with Crippen molar-refractivity contribution in [2.45, 2.75) is 33.1 Å². The van der Waals surface area contributed by atoms with Gasteiger partial charge in [-0.15, -0.1) is 11.3 Å². The molecule has 0 saturated heterocycles. The number of aromatic nitrogens is 2.